The zero-order valence-electron chi connectivity index (χ0n) is 15.4. The molecule has 0 bridgehead atoms. The van der Waals surface area contributed by atoms with Crippen LogP contribution in [0.3, 0.4) is 0 Å². The predicted molar refractivity (Wildman–Crippen MR) is 107 cm³/mol. The van der Waals surface area contributed by atoms with Gasteiger partial charge in [0, 0.05) is 21.7 Å². The molecule has 2 aromatic carbocycles. The Kier molecular flexibility index (Phi) is 5.65. The number of benzene rings is 2. The number of nitrogens with one attached hydrogen (secondary N) is 1. The number of primary sulfonamides is 1. The lowest BCUT2D eigenvalue weighted by Gasteiger charge is -2.13. The van der Waals surface area contributed by atoms with Crippen molar-refractivity contribution in [3.8, 4) is 0 Å². The lowest BCUT2D eigenvalue weighted by molar-refractivity contribution is -0.123. The highest BCUT2D eigenvalue weighted by atomic mass is 35.5. The summed E-state index contributed by atoms with van der Waals surface area (Å²) in [5.41, 5.74) is 1.20. The molecule has 8 nitrogen and oxygen atoms in total. The third-order valence-corrected chi connectivity index (χ3v) is 5.31. The van der Waals surface area contributed by atoms with E-state index in [1.54, 1.807) is 25.1 Å². The molecule has 0 saturated heterocycles. The van der Waals surface area contributed by atoms with E-state index in [0.717, 1.165) is 0 Å². The van der Waals surface area contributed by atoms with E-state index in [4.69, 9.17) is 25.9 Å². The fourth-order valence-electron chi connectivity index (χ4n) is 2.65. The maximum absolute atomic E-state index is 12.4. The van der Waals surface area contributed by atoms with Crippen LogP contribution in [0.25, 0.3) is 11.0 Å². The second kappa shape index (κ2) is 7.86. The van der Waals surface area contributed by atoms with Gasteiger partial charge in [0.25, 0.3) is 5.91 Å². The van der Waals surface area contributed by atoms with Crippen molar-refractivity contribution >= 4 is 50.2 Å². The summed E-state index contributed by atoms with van der Waals surface area (Å²) in [6.45, 7) is 3.06. The zero-order chi connectivity index (χ0) is 21.3. The highest BCUT2D eigenvalue weighted by molar-refractivity contribution is 7.89. The molecule has 1 unspecified atom stereocenters. The van der Waals surface area contributed by atoms with E-state index in [-0.39, 0.29) is 16.3 Å². The number of hydrogen-bond donors (Lipinski definition) is 2. The number of esters is 1. The van der Waals surface area contributed by atoms with Gasteiger partial charge in [-0.15, -0.1) is 0 Å². The Morgan fingerprint density at radius 3 is 2.62 bits per heavy atom. The van der Waals surface area contributed by atoms with Crippen molar-refractivity contribution in [3.05, 3.63) is 58.8 Å². The largest absolute Gasteiger partial charge is 0.449 e. The Morgan fingerprint density at radius 1 is 1.21 bits per heavy atom. The van der Waals surface area contributed by atoms with Gasteiger partial charge in [0.15, 0.2) is 6.10 Å². The van der Waals surface area contributed by atoms with Crippen LogP contribution in [0.5, 0.6) is 0 Å². The van der Waals surface area contributed by atoms with Gasteiger partial charge in [0.05, 0.1) is 4.90 Å². The minimum atomic E-state index is -3.92. The average molecular weight is 437 g/mol. The van der Waals surface area contributed by atoms with Crippen molar-refractivity contribution in [2.24, 2.45) is 5.14 Å². The number of sulfonamides is 1. The van der Waals surface area contributed by atoms with E-state index >= 15 is 0 Å². The van der Waals surface area contributed by atoms with E-state index in [9.17, 15) is 18.0 Å². The number of hydrogen-bond acceptors (Lipinski definition) is 6. The molecule has 3 rings (SSSR count). The lowest BCUT2D eigenvalue weighted by Crippen LogP contribution is -2.30. The fraction of sp³-hybridized carbons (Fsp3) is 0.158. The zero-order valence-corrected chi connectivity index (χ0v) is 17.0. The van der Waals surface area contributed by atoms with Crippen LogP contribution < -0.4 is 10.5 Å². The maximum atomic E-state index is 12.4. The fourth-order valence-corrected chi connectivity index (χ4v) is 3.38. The smallest absolute Gasteiger partial charge is 0.375 e. The Hall–Kier alpha value is -2.88. The van der Waals surface area contributed by atoms with Crippen LogP contribution in [0.1, 0.15) is 23.0 Å². The second-order valence-electron chi connectivity index (χ2n) is 6.31. The van der Waals surface area contributed by atoms with Crippen molar-refractivity contribution in [1.29, 1.82) is 0 Å². The number of halogens is 1. The Bertz CT molecular complexity index is 1220. The van der Waals surface area contributed by atoms with Gasteiger partial charge in [-0.3, -0.25) is 4.79 Å². The number of carbonyl (C=O) groups excluding carboxylic acids is 2. The van der Waals surface area contributed by atoms with Crippen molar-refractivity contribution < 1.29 is 27.2 Å². The summed E-state index contributed by atoms with van der Waals surface area (Å²) in [5.74, 6) is -1.49. The average Bonchev–Trinajstić information content (AvgIpc) is 2.97. The first kappa shape index (κ1) is 20.8. The molecule has 0 aliphatic rings. The molecular formula is C19H17ClN2O6S. The Balaban J connectivity index is 1.73. The van der Waals surface area contributed by atoms with E-state index in [2.05, 4.69) is 5.32 Å². The number of ether oxygens (including phenoxy) is 1. The minimum absolute atomic E-state index is 0.0295. The van der Waals surface area contributed by atoms with E-state index in [1.165, 1.54) is 31.2 Å². The van der Waals surface area contributed by atoms with Crippen LogP contribution in [0.4, 0.5) is 5.69 Å². The van der Waals surface area contributed by atoms with Crippen molar-refractivity contribution in [2.75, 3.05) is 5.32 Å². The van der Waals surface area contributed by atoms with Gasteiger partial charge < -0.3 is 14.5 Å². The van der Waals surface area contributed by atoms with Crippen LogP contribution in [0.2, 0.25) is 5.02 Å². The molecule has 1 amide bonds. The highest BCUT2D eigenvalue weighted by Crippen LogP contribution is 2.28. The van der Waals surface area contributed by atoms with Gasteiger partial charge in [-0.25, -0.2) is 18.4 Å². The number of rotatable bonds is 5. The molecule has 0 saturated carbocycles. The summed E-state index contributed by atoms with van der Waals surface area (Å²) in [7, 11) is -3.92. The molecule has 0 aliphatic carbocycles. The number of aryl methyl sites for hydroxylation is 1. The van der Waals surface area contributed by atoms with Crippen molar-refractivity contribution in [2.45, 2.75) is 24.8 Å². The molecule has 3 aromatic rings. The van der Waals surface area contributed by atoms with Gasteiger partial charge in [0.1, 0.15) is 5.58 Å². The summed E-state index contributed by atoms with van der Waals surface area (Å²) in [4.78, 5) is 24.6. The second-order valence-corrected chi connectivity index (χ2v) is 8.30. The molecule has 1 aromatic heterocycles. The van der Waals surface area contributed by atoms with Crippen LogP contribution in [0.15, 0.2) is 51.8 Å². The molecule has 0 radical (unpaired) electrons. The Morgan fingerprint density at radius 2 is 1.93 bits per heavy atom. The monoisotopic (exact) mass is 436 g/mol. The van der Waals surface area contributed by atoms with Crippen LogP contribution in [-0.2, 0) is 19.6 Å². The number of carbonyl (C=O) groups is 2. The molecule has 152 valence electrons. The summed E-state index contributed by atoms with van der Waals surface area (Å²) in [6.07, 6.45) is -1.17. The molecule has 0 aliphatic heterocycles. The topological polar surface area (TPSA) is 129 Å². The number of fused-ring (bicyclic) bond motifs is 1. The molecule has 1 atom stereocenters. The van der Waals surface area contributed by atoms with Crippen molar-refractivity contribution in [1.82, 2.24) is 0 Å². The molecular weight excluding hydrogens is 420 g/mol. The highest BCUT2D eigenvalue weighted by Gasteiger charge is 2.24. The summed E-state index contributed by atoms with van der Waals surface area (Å²) < 4.78 is 33.5. The van der Waals surface area contributed by atoms with Crippen molar-refractivity contribution in [3.63, 3.8) is 0 Å². The minimum Gasteiger partial charge on any atom is -0.449 e. The number of anilines is 1. The van der Waals surface area contributed by atoms with E-state index < -0.39 is 28.0 Å². The molecule has 0 spiro atoms. The summed E-state index contributed by atoms with van der Waals surface area (Å²) in [6, 6.07) is 10.3. The summed E-state index contributed by atoms with van der Waals surface area (Å²) in [5, 5.41) is 8.71. The van der Waals surface area contributed by atoms with Gasteiger partial charge in [-0.2, -0.15) is 0 Å². The third kappa shape index (κ3) is 4.58. The molecule has 29 heavy (non-hydrogen) atoms. The number of amides is 1. The quantitative estimate of drug-likeness (QED) is 0.591. The first-order valence-electron chi connectivity index (χ1n) is 8.39. The third-order valence-electron chi connectivity index (χ3n) is 4.17. The van der Waals surface area contributed by atoms with Gasteiger partial charge >= 0.3 is 5.97 Å². The predicted octanol–water partition coefficient (Wildman–Crippen LogP) is 3.23. The van der Waals surface area contributed by atoms with Crippen LogP contribution in [-0.4, -0.2) is 26.4 Å². The lowest BCUT2D eigenvalue weighted by atomic mass is 10.1. The van der Waals surface area contributed by atoms with E-state index in [1.807, 2.05) is 0 Å². The molecule has 0 fully saturated rings. The first-order chi connectivity index (χ1) is 13.6. The maximum Gasteiger partial charge on any atom is 0.375 e. The number of nitrogens with two attached hydrogens (primary N) is 1. The van der Waals surface area contributed by atoms with Crippen LogP contribution in [0, 0.1) is 6.92 Å². The van der Waals surface area contributed by atoms with Gasteiger partial charge in [-0.05, 0) is 50.2 Å². The van der Waals surface area contributed by atoms with Gasteiger partial charge in [0.2, 0.25) is 15.8 Å². The first-order valence-corrected chi connectivity index (χ1v) is 10.3. The molecule has 10 heteroatoms. The molecule has 1 heterocycles. The normalized spacial score (nSPS) is 12.6. The SMILES string of the molecule is Cc1c(C(=O)OC(C)C(=O)Nc2cccc(S(N)(=O)=O)c2)oc2ccc(Cl)cc12. The standard InChI is InChI=1S/C19H17ClN2O6S/c1-10-15-8-12(20)6-7-16(15)28-17(10)19(24)27-11(2)18(23)22-13-4-3-5-14(9-13)29(21,25)26/h3-9,11H,1-2H3,(H,22,23)(H2,21,25,26). The Labute approximate surface area is 171 Å². The van der Waals surface area contributed by atoms with E-state index in [0.29, 0.717) is 21.6 Å². The van der Waals surface area contributed by atoms with Gasteiger partial charge in [-0.1, -0.05) is 17.7 Å². The van der Waals surface area contributed by atoms with Crippen LogP contribution >= 0.6 is 11.6 Å². The molecule has 3 N–H and O–H groups in total. The number of furan rings is 1. The summed E-state index contributed by atoms with van der Waals surface area (Å²) >= 11 is 5.97.